The van der Waals surface area contributed by atoms with Gasteiger partial charge < -0.3 is 10.8 Å². The van der Waals surface area contributed by atoms with Crippen LogP contribution in [0.5, 0.6) is 0 Å². The quantitative estimate of drug-likeness (QED) is 0.285. The van der Waals surface area contributed by atoms with Gasteiger partial charge in [0.15, 0.2) is 0 Å². The predicted octanol–water partition coefficient (Wildman–Crippen LogP) is -0.466. The van der Waals surface area contributed by atoms with Gasteiger partial charge in [0.2, 0.25) is 4.91 Å². The zero-order valence-electron chi connectivity index (χ0n) is 4.96. The van der Waals surface area contributed by atoms with Crippen molar-refractivity contribution >= 4 is 5.97 Å². The van der Waals surface area contributed by atoms with Crippen molar-refractivity contribution in [3.8, 4) is 0 Å². The number of carboxylic acids is 1. The lowest BCUT2D eigenvalue weighted by Crippen LogP contribution is -2.25. The van der Waals surface area contributed by atoms with Crippen molar-refractivity contribution in [3.63, 3.8) is 0 Å². The summed E-state index contributed by atoms with van der Waals surface area (Å²) in [4.78, 5) is 11.6. The Morgan fingerprint density at radius 2 is 1.89 bits per heavy atom. The summed E-state index contributed by atoms with van der Waals surface area (Å²) < 4.78 is 0. The summed E-state index contributed by atoms with van der Waals surface area (Å²) in [6.45, 7) is 1.42. The van der Waals surface area contributed by atoms with Gasteiger partial charge >= 0.3 is 5.97 Å². The molecule has 0 spiro atoms. The second-order valence-electron chi connectivity index (χ2n) is 1.24. The summed E-state index contributed by atoms with van der Waals surface area (Å²) >= 11 is 0. The fourth-order valence-corrected chi connectivity index (χ4v) is 0. The Bertz CT molecular complexity index is 115. The second kappa shape index (κ2) is 6.74. The van der Waals surface area contributed by atoms with Gasteiger partial charge in [0.05, 0.1) is 0 Å². The fourth-order valence-electron chi connectivity index (χ4n) is 0. The first-order chi connectivity index (χ1) is 4.06. The summed E-state index contributed by atoms with van der Waals surface area (Å²) in [5.74, 6) is -0.963. The van der Waals surface area contributed by atoms with Gasteiger partial charge in [-0.1, -0.05) is 0 Å². The molecular formula is C3H9N4O2+. The summed E-state index contributed by atoms with van der Waals surface area (Å²) in [6.07, 6.45) is 0. The summed E-state index contributed by atoms with van der Waals surface area (Å²) in [6, 6.07) is -0.731. The molecule has 5 N–H and O–H groups in total. The Morgan fingerprint density at radius 3 is 1.89 bits per heavy atom. The molecule has 0 aliphatic heterocycles. The lowest BCUT2D eigenvalue weighted by molar-refractivity contribution is -0.138. The number of hydrogen-bond donors (Lipinski definition) is 4. The van der Waals surface area contributed by atoms with Gasteiger partial charge in [0.1, 0.15) is 17.1 Å². The minimum Gasteiger partial charge on any atom is -0.480 e. The standard InChI is InChI=1S/C3H7NO2.H2N3/c1-2(4)3(5)6;1-3-2/h2H,4H2,1H3,(H,5,6);1-2H/q;+1. The highest BCUT2D eigenvalue weighted by molar-refractivity contribution is 5.72. The van der Waals surface area contributed by atoms with Gasteiger partial charge in [0, 0.05) is 0 Å². The highest BCUT2D eigenvalue weighted by atomic mass is 16.4. The van der Waals surface area contributed by atoms with Crippen LogP contribution in [0.2, 0.25) is 0 Å². The van der Waals surface area contributed by atoms with E-state index in [1.807, 2.05) is 4.91 Å². The smallest absolute Gasteiger partial charge is 0.320 e. The molecular weight excluding hydrogens is 124 g/mol. The van der Waals surface area contributed by atoms with Crippen LogP contribution in [0.25, 0.3) is 0 Å². The molecule has 0 aromatic rings. The molecule has 0 fully saturated rings. The zero-order valence-corrected chi connectivity index (χ0v) is 4.96. The largest absolute Gasteiger partial charge is 0.480 e. The van der Waals surface area contributed by atoms with Crippen molar-refractivity contribution in [1.29, 1.82) is 11.1 Å². The maximum atomic E-state index is 9.57. The van der Waals surface area contributed by atoms with E-state index in [1.54, 1.807) is 0 Å². The minimum absolute atomic E-state index is 0.731. The van der Waals surface area contributed by atoms with Crippen molar-refractivity contribution in [2.75, 3.05) is 0 Å². The maximum absolute atomic E-state index is 9.57. The highest BCUT2D eigenvalue weighted by Gasteiger charge is 1.99. The molecule has 6 heteroatoms. The molecule has 6 nitrogen and oxygen atoms in total. The molecule has 0 aliphatic rings. The molecule has 0 rings (SSSR count). The lowest BCUT2D eigenvalue weighted by Gasteiger charge is -1.90. The molecule has 9 heavy (non-hydrogen) atoms. The number of hydrogen-bond acceptors (Lipinski definition) is 4. The Hall–Kier alpha value is -1.26. The van der Waals surface area contributed by atoms with Crippen LogP contribution in [0, 0.1) is 11.1 Å². The summed E-state index contributed by atoms with van der Waals surface area (Å²) in [7, 11) is 0. The predicted molar refractivity (Wildman–Crippen MR) is 28.9 cm³/mol. The first-order valence-corrected chi connectivity index (χ1v) is 2.07. The first kappa shape index (κ1) is 10.7. The molecule has 0 saturated carbocycles. The molecule has 0 amide bonds. The average molecular weight is 133 g/mol. The zero-order chi connectivity index (χ0) is 7.86. The van der Waals surface area contributed by atoms with Crippen LogP contribution in [0.15, 0.2) is 0 Å². The first-order valence-electron chi connectivity index (χ1n) is 2.07. The van der Waals surface area contributed by atoms with Gasteiger partial charge in [-0.15, -0.1) is 0 Å². The van der Waals surface area contributed by atoms with Crippen molar-refractivity contribution in [2.24, 2.45) is 5.73 Å². The third kappa shape index (κ3) is 20.2. The van der Waals surface area contributed by atoms with E-state index in [9.17, 15) is 4.79 Å². The Kier molecular flexibility index (Phi) is 7.99. The van der Waals surface area contributed by atoms with Gasteiger partial charge in [-0.05, 0) is 6.92 Å². The fraction of sp³-hybridized carbons (Fsp3) is 0.667. The van der Waals surface area contributed by atoms with E-state index in [4.69, 9.17) is 21.9 Å². The Morgan fingerprint density at radius 1 is 1.78 bits per heavy atom. The van der Waals surface area contributed by atoms with Gasteiger partial charge in [-0.3, -0.25) is 4.79 Å². The number of nitrogens with two attached hydrogens (primary N) is 1. The van der Waals surface area contributed by atoms with Gasteiger partial charge in [-0.2, -0.15) is 0 Å². The molecule has 0 aromatic carbocycles. The average Bonchev–Trinajstić information content (AvgIpc) is 1.68. The SMILES string of the molecule is CC(N)C(=O)O.N=[N+]=N. The Balaban J connectivity index is 0. The van der Waals surface area contributed by atoms with Crippen LogP contribution < -0.4 is 10.6 Å². The monoisotopic (exact) mass is 133 g/mol. The molecule has 0 aliphatic carbocycles. The van der Waals surface area contributed by atoms with Gasteiger partial charge in [0.25, 0.3) is 0 Å². The van der Waals surface area contributed by atoms with Crippen LogP contribution >= 0.6 is 0 Å². The van der Waals surface area contributed by atoms with Crippen LogP contribution in [0.4, 0.5) is 0 Å². The lowest BCUT2D eigenvalue weighted by atomic mass is 10.4. The normalized spacial score (nSPS) is 10.0. The van der Waals surface area contributed by atoms with Crippen molar-refractivity contribution in [1.82, 2.24) is 4.91 Å². The third-order valence-electron chi connectivity index (χ3n) is 0.390. The van der Waals surface area contributed by atoms with Gasteiger partial charge in [-0.25, -0.2) is 0 Å². The molecule has 0 saturated heterocycles. The number of aliphatic carboxylic acids is 1. The van der Waals surface area contributed by atoms with E-state index < -0.39 is 12.0 Å². The van der Waals surface area contributed by atoms with E-state index in [1.165, 1.54) is 6.92 Å². The molecule has 0 radical (unpaired) electrons. The number of nitrogens with zero attached hydrogens (tertiary/aromatic N) is 1. The third-order valence-corrected chi connectivity index (χ3v) is 0.390. The van der Waals surface area contributed by atoms with Crippen molar-refractivity contribution in [2.45, 2.75) is 13.0 Å². The number of carboxylic acid groups (broad SMARTS) is 1. The number of carbonyl (C=O) groups is 1. The van der Waals surface area contributed by atoms with E-state index in [-0.39, 0.29) is 0 Å². The van der Waals surface area contributed by atoms with E-state index in [2.05, 4.69) is 0 Å². The molecule has 0 heterocycles. The van der Waals surface area contributed by atoms with Crippen LogP contribution in [-0.2, 0) is 4.79 Å². The van der Waals surface area contributed by atoms with Crippen molar-refractivity contribution in [3.05, 3.63) is 0 Å². The molecule has 0 aromatic heterocycles. The van der Waals surface area contributed by atoms with E-state index in [0.29, 0.717) is 0 Å². The minimum atomic E-state index is -0.963. The number of nitrogens with one attached hydrogen (secondary N) is 2. The number of rotatable bonds is 1. The maximum Gasteiger partial charge on any atom is 0.320 e. The van der Waals surface area contributed by atoms with Crippen LogP contribution in [-0.4, -0.2) is 17.1 Å². The van der Waals surface area contributed by atoms with Crippen LogP contribution in [0.3, 0.4) is 0 Å². The van der Waals surface area contributed by atoms with Crippen molar-refractivity contribution < 1.29 is 9.90 Å². The molecule has 1 atom stereocenters. The summed E-state index contributed by atoms with van der Waals surface area (Å²) in [5, 5.41) is 7.87. The van der Waals surface area contributed by atoms with Crippen LogP contribution in [0.1, 0.15) is 6.92 Å². The second-order valence-corrected chi connectivity index (χ2v) is 1.24. The highest BCUT2D eigenvalue weighted by Crippen LogP contribution is 1.68. The topological polar surface area (TPSA) is 125 Å². The van der Waals surface area contributed by atoms with E-state index >= 15 is 0 Å². The van der Waals surface area contributed by atoms with E-state index in [0.717, 1.165) is 0 Å². The molecule has 0 bridgehead atoms. The molecule has 1 unspecified atom stereocenters. The Labute approximate surface area is 51.7 Å². The summed E-state index contributed by atoms with van der Waals surface area (Å²) in [5.41, 5.74) is 15.8. The molecule has 52 valence electrons.